The zero-order valence-electron chi connectivity index (χ0n) is 21.9. The summed E-state index contributed by atoms with van der Waals surface area (Å²) in [5.41, 5.74) is 2.51. The summed E-state index contributed by atoms with van der Waals surface area (Å²) >= 11 is 1.19. The van der Waals surface area contributed by atoms with Gasteiger partial charge in [-0.2, -0.15) is 0 Å². The number of thiazole rings is 1. The Hall–Kier alpha value is -4.25. The maximum atomic E-state index is 13.9. The number of esters is 1. The highest BCUT2D eigenvalue weighted by Gasteiger charge is 2.33. The van der Waals surface area contributed by atoms with E-state index in [0.717, 1.165) is 31.6 Å². The fraction of sp³-hybridized carbons (Fsp3) is 0.321. The van der Waals surface area contributed by atoms with E-state index in [0.29, 0.717) is 31.9 Å². The van der Waals surface area contributed by atoms with Crippen LogP contribution in [0.15, 0.2) is 63.5 Å². The lowest BCUT2D eigenvalue weighted by molar-refractivity contribution is -0.384. The number of anilines is 1. The molecule has 2 aliphatic rings. The first kappa shape index (κ1) is 26.4. The van der Waals surface area contributed by atoms with Crippen LogP contribution in [-0.4, -0.2) is 42.3 Å². The van der Waals surface area contributed by atoms with Crippen LogP contribution in [0.4, 0.5) is 11.4 Å². The van der Waals surface area contributed by atoms with Gasteiger partial charge in [0.15, 0.2) is 4.80 Å². The molecule has 1 saturated heterocycles. The highest BCUT2D eigenvalue weighted by molar-refractivity contribution is 7.07. The lowest BCUT2D eigenvalue weighted by Gasteiger charge is -2.24. The highest BCUT2D eigenvalue weighted by atomic mass is 32.1. The van der Waals surface area contributed by atoms with Gasteiger partial charge in [-0.25, -0.2) is 9.79 Å². The van der Waals surface area contributed by atoms with Crippen molar-refractivity contribution in [1.82, 2.24) is 4.57 Å². The van der Waals surface area contributed by atoms with Crippen LogP contribution in [0.2, 0.25) is 0 Å². The molecule has 0 saturated carbocycles. The maximum Gasteiger partial charge on any atom is 0.338 e. The largest absolute Gasteiger partial charge is 0.497 e. The average molecular weight is 549 g/mol. The molecule has 0 spiro atoms. The summed E-state index contributed by atoms with van der Waals surface area (Å²) in [5, 5.41) is 11.5. The van der Waals surface area contributed by atoms with Gasteiger partial charge >= 0.3 is 5.97 Å². The molecule has 39 heavy (non-hydrogen) atoms. The SMILES string of the molecule is CCOC(=O)C1=C(C)N=c2s/c(=C/c3cc([N+](=O)[O-])ccc3N3CCCC3)c(=O)n2C1c1ccc(OC)cc1. The number of aromatic nitrogens is 1. The van der Waals surface area contributed by atoms with Crippen LogP contribution in [0.5, 0.6) is 5.75 Å². The molecular weight excluding hydrogens is 520 g/mol. The summed E-state index contributed by atoms with van der Waals surface area (Å²) in [6, 6.07) is 11.2. The minimum absolute atomic E-state index is 0.0477. The summed E-state index contributed by atoms with van der Waals surface area (Å²) in [4.78, 5) is 45.3. The van der Waals surface area contributed by atoms with E-state index in [4.69, 9.17) is 9.47 Å². The number of ether oxygens (including phenoxy) is 2. The summed E-state index contributed by atoms with van der Waals surface area (Å²) in [6.45, 7) is 5.33. The second-order valence-corrected chi connectivity index (χ2v) is 10.3. The van der Waals surface area contributed by atoms with Crippen molar-refractivity contribution in [2.24, 2.45) is 4.99 Å². The van der Waals surface area contributed by atoms with Gasteiger partial charge in [-0.3, -0.25) is 19.5 Å². The van der Waals surface area contributed by atoms with Crippen LogP contribution in [0, 0.1) is 10.1 Å². The number of fused-ring (bicyclic) bond motifs is 1. The average Bonchev–Trinajstić information content (AvgIpc) is 3.56. The van der Waals surface area contributed by atoms with Crippen molar-refractivity contribution < 1.29 is 19.2 Å². The monoisotopic (exact) mass is 548 g/mol. The van der Waals surface area contributed by atoms with Crippen molar-refractivity contribution in [2.45, 2.75) is 32.7 Å². The van der Waals surface area contributed by atoms with E-state index in [1.807, 2.05) is 12.1 Å². The summed E-state index contributed by atoms with van der Waals surface area (Å²) < 4.78 is 12.5. The Labute approximate surface area is 228 Å². The van der Waals surface area contributed by atoms with Crippen molar-refractivity contribution in [1.29, 1.82) is 0 Å². The number of rotatable bonds is 7. The Kier molecular flexibility index (Phi) is 7.34. The van der Waals surface area contributed by atoms with Crippen LogP contribution in [0.3, 0.4) is 0 Å². The molecule has 0 radical (unpaired) electrons. The number of nitro benzene ring substituents is 1. The van der Waals surface area contributed by atoms with Crippen LogP contribution >= 0.6 is 11.3 Å². The van der Waals surface area contributed by atoms with E-state index >= 15 is 0 Å². The number of hydrogen-bond acceptors (Lipinski definition) is 9. The third-order valence-corrected chi connectivity index (χ3v) is 7.89. The summed E-state index contributed by atoms with van der Waals surface area (Å²) in [7, 11) is 1.57. The number of carbonyl (C=O) groups excluding carboxylic acids is 1. The quantitative estimate of drug-likeness (QED) is 0.253. The molecule has 0 amide bonds. The van der Waals surface area contributed by atoms with Gasteiger partial charge < -0.3 is 14.4 Å². The Morgan fingerprint density at radius 3 is 2.56 bits per heavy atom. The Morgan fingerprint density at radius 1 is 1.21 bits per heavy atom. The van der Waals surface area contributed by atoms with Crippen LogP contribution in [-0.2, 0) is 9.53 Å². The number of methoxy groups -OCH3 is 1. The molecule has 5 rings (SSSR count). The number of nitrogens with zero attached hydrogens (tertiary/aromatic N) is 4. The summed E-state index contributed by atoms with van der Waals surface area (Å²) in [5.74, 6) is 0.105. The topological polar surface area (TPSA) is 116 Å². The van der Waals surface area contributed by atoms with E-state index in [2.05, 4.69) is 9.89 Å². The molecule has 0 bridgehead atoms. The van der Waals surface area contributed by atoms with Gasteiger partial charge in [0, 0.05) is 36.5 Å². The minimum Gasteiger partial charge on any atom is -0.497 e. The van der Waals surface area contributed by atoms with Gasteiger partial charge in [-0.1, -0.05) is 23.5 Å². The fourth-order valence-electron chi connectivity index (χ4n) is 5.05. The highest BCUT2D eigenvalue weighted by Crippen LogP contribution is 2.32. The van der Waals surface area contributed by atoms with Gasteiger partial charge in [0.1, 0.15) is 5.75 Å². The molecule has 10 nitrogen and oxygen atoms in total. The first-order chi connectivity index (χ1) is 18.8. The number of carbonyl (C=O) groups is 1. The molecule has 3 heterocycles. The van der Waals surface area contributed by atoms with E-state index in [1.54, 1.807) is 45.2 Å². The molecule has 0 aliphatic carbocycles. The Bertz CT molecular complexity index is 1650. The van der Waals surface area contributed by atoms with Crippen molar-refractivity contribution in [3.05, 3.63) is 94.7 Å². The first-order valence-corrected chi connectivity index (χ1v) is 13.5. The predicted molar refractivity (Wildman–Crippen MR) is 148 cm³/mol. The van der Waals surface area contributed by atoms with Gasteiger partial charge in [0.25, 0.3) is 11.2 Å². The standard InChI is InChI=1S/C28H28N4O6S/c1-4-38-27(34)24-17(2)29-28-31(25(24)18-7-10-21(37-3)11-8-18)26(33)23(39-28)16-19-15-20(32(35)36)9-12-22(19)30-13-5-6-14-30/h7-12,15-16,25H,4-6,13-14H2,1-3H3/b23-16+. The van der Waals surface area contributed by atoms with Crippen molar-refractivity contribution in [3.63, 3.8) is 0 Å². The van der Waals surface area contributed by atoms with Crippen molar-refractivity contribution in [3.8, 4) is 5.75 Å². The molecule has 3 aromatic rings. The van der Waals surface area contributed by atoms with E-state index < -0.39 is 16.9 Å². The molecule has 1 atom stereocenters. The van der Waals surface area contributed by atoms with E-state index in [-0.39, 0.29) is 23.4 Å². The lowest BCUT2D eigenvalue weighted by Crippen LogP contribution is -2.40. The van der Waals surface area contributed by atoms with Gasteiger partial charge in [0.05, 0.1) is 40.5 Å². The van der Waals surface area contributed by atoms with Crippen LogP contribution in [0.25, 0.3) is 6.08 Å². The molecule has 2 aliphatic heterocycles. The number of non-ortho nitro benzene ring substituents is 1. The van der Waals surface area contributed by atoms with Gasteiger partial charge in [0.2, 0.25) is 0 Å². The minimum atomic E-state index is -0.753. The fourth-order valence-corrected chi connectivity index (χ4v) is 6.09. The zero-order chi connectivity index (χ0) is 27.7. The van der Waals surface area contributed by atoms with E-state index in [1.165, 1.54) is 28.0 Å². The van der Waals surface area contributed by atoms with E-state index in [9.17, 15) is 19.7 Å². The number of nitro groups is 1. The third kappa shape index (κ3) is 4.97. The second kappa shape index (κ2) is 10.9. The molecule has 0 N–H and O–H groups in total. The van der Waals surface area contributed by atoms with Crippen LogP contribution in [0.1, 0.15) is 43.9 Å². The number of benzene rings is 2. The molecule has 202 valence electrons. The summed E-state index contributed by atoms with van der Waals surface area (Å²) in [6.07, 6.45) is 3.77. The maximum absolute atomic E-state index is 13.9. The molecular formula is C28H28N4O6S. The number of hydrogen-bond donors (Lipinski definition) is 0. The van der Waals surface area contributed by atoms with Crippen molar-refractivity contribution in [2.75, 3.05) is 31.7 Å². The molecule has 2 aromatic carbocycles. The molecule has 1 fully saturated rings. The lowest BCUT2D eigenvalue weighted by atomic mass is 9.96. The predicted octanol–water partition coefficient (Wildman–Crippen LogP) is 3.32. The Morgan fingerprint density at radius 2 is 1.92 bits per heavy atom. The smallest absolute Gasteiger partial charge is 0.338 e. The van der Waals surface area contributed by atoms with Crippen LogP contribution < -0.4 is 24.5 Å². The third-order valence-electron chi connectivity index (χ3n) is 6.90. The van der Waals surface area contributed by atoms with Gasteiger partial charge in [-0.05, 0) is 56.5 Å². The zero-order valence-corrected chi connectivity index (χ0v) is 22.7. The molecule has 1 unspecified atom stereocenters. The molecule has 1 aromatic heterocycles. The van der Waals surface area contributed by atoms with Crippen molar-refractivity contribution >= 4 is 34.8 Å². The Balaban J connectivity index is 1.71. The second-order valence-electron chi connectivity index (χ2n) is 9.27. The number of allylic oxidation sites excluding steroid dienone is 1. The normalized spacial score (nSPS) is 17.2. The van der Waals surface area contributed by atoms with Gasteiger partial charge in [-0.15, -0.1) is 0 Å². The first-order valence-electron chi connectivity index (χ1n) is 12.7. The molecule has 11 heteroatoms.